The van der Waals surface area contributed by atoms with Crippen LogP contribution in [0.3, 0.4) is 0 Å². The molecule has 0 unspecified atom stereocenters. The first kappa shape index (κ1) is 13.1. The molecule has 2 rings (SSSR count). The Morgan fingerprint density at radius 3 is 2.18 bits per heavy atom. The highest BCUT2D eigenvalue weighted by Gasteiger charge is 2.07. The molecule has 0 aliphatic heterocycles. The highest BCUT2D eigenvalue weighted by Crippen LogP contribution is 2.33. The molecule has 0 spiro atoms. The zero-order chi connectivity index (χ0) is 12.5. The van der Waals surface area contributed by atoms with E-state index < -0.39 is 10.0 Å². The predicted molar refractivity (Wildman–Crippen MR) is 76.4 cm³/mol. The van der Waals surface area contributed by atoms with E-state index in [1.54, 1.807) is 30.3 Å². The van der Waals surface area contributed by atoms with E-state index in [9.17, 15) is 8.42 Å². The van der Waals surface area contributed by atoms with Gasteiger partial charge in [0.1, 0.15) is 14.2 Å². The summed E-state index contributed by atoms with van der Waals surface area (Å²) in [7, 11) is -3.61. The van der Waals surface area contributed by atoms with Crippen molar-refractivity contribution in [3.8, 4) is 0 Å². The molecule has 0 fully saturated rings. The van der Waals surface area contributed by atoms with Crippen LogP contribution in [0.1, 0.15) is 0 Å². The summed E-state index contributed by atoms with van der Waals surface area (Å²) in [6, 6.07) is 10.0. The third-order valence-corrected chi connectivity index (χ3v) is 5.78. The Kier molecular flexibility index (Phi) is 3.92. The SMILES string of the molecule is O=S(=O)([N-]c1ccc(Br)cc1)c1ccc(Br)s1. The Hall–Kier alpha value is -0.370. The topological polar surface area (TPSA) is 48.2 Å². The maximum absolute atomic E-state index is 11.9. The highest BCUT2D eigenvalue weighted by atomic mass is 79.9. The Morgan fingerprint density at radius 2 is 1.65 bits per heavy atom. The van der Waals surface area contributed by atoms with Crippen LogP contribution in [-0.4, -0.2) is 8.42 Å². The highest BCUT2D eigenvalue weighted by molar-refractivity contribution is 9.11. The lowest BCUT2D eigenvalue weighted by Crippen LogP contribution is -1.93. The first-order valence-electron chi connectivity index (χ1n) is 4.46. The van der Waals surface area contributed by atoms with Gasteiger partial charge in [-0.15, -0.1) is 17.0 Å². The summed E-state index contributed by atoms with van der Waals surface area (Å²) in [6.45, 7) is 0. The van der Waals surface area contributed by atoms with Crippen LogP contribution >= 0.6 is 43.2 Å². The second-order valence-electron chi connectivity index (χ2n) is 3.10. The first-order chi connectivity index (χ1) is 7.97. The molecule has 1 aromatic carbocycles. The van der Waals surface area contributed by atoms with Crippen LogP contribution in [0.15, 0.2) is 48.9 Å². The molecule has 90 valence electrons. The fourth-order valence-electron chi connectivity index (χ4n) is 1.12. The van der Waals surface area contributed by atoms with E-state index in [-0.39, 0.29) is 4.21 Å². The average molecular weight is 396 g/mol. The lowest BCUT2D eigenvalue weighted by atomic mass is 10.3. The maximum atomic E-state index is 11.9. The Labute approximate surface area is 120 Å². The number of hydrogen-bond donors (Lipinski definition) is 0. The van der Waals surface area contributed by atoms with E-state index in [1.807, 2.05) is 0 Å². The van der Waals surface area contributed by atoms with E-state index in [0.29, 0.717) is 5.69 Å². The molecule has 0 bridgehead atoms. The van der Waals surface area contributed by atoms with Crippen LogP contribution < -0.4 is 0 Å². The molecule has 1 heterocycles. The molecule has 7 heteroatoms. The number of hydrogen-bond acceptors (Lipinski definition) is 3. The molecule has 0 saturated carbocycles. The van der Waals surface area contributed by atoms with Crippen LogP contribution in [0.5, 0.6) is 0 Å². The van der Waals surface area contributed by atoms with Crippen LogP contribution in [0.4, 0.5) is 5.69 Å². The van der Waals surface area contributed by atoms with Gasteiger partial charge in [-0.1, -0.05) is 28.1 Å². The van der Waals surface area contributed by atoms with Crippen LogP contribution in [0.25, 0.3) is 4.72 Å². The fraction of sp³-hybridized carbons (Fsp3) is 0. The minimum absolute atomic E-state index is 0.229. The number of nitrogens with zero attached hydrogens (tertiary/aromatic N) is 1. The smallest absolute Gasteiger partial charge is 0.132 e. The number of thiophene rings is 1. The second kappa shape index (κ2) is 5.09. The fourth-order valence-corrected chi connectivity index (χ4v) is 4.36. The van der Waals surface area contributed by atoms with E-state index in [2.05, 4.69) is 36.6 Å². The van der Waals surface area contributed by atoms with Gasteiger partial charge in [0.15, 0.2) is 0 Å². The Balaban J connectivity index is 2.26. The number of sulfonamides is 1. The largest absolute Gasteiger partial charge is 0.572 e. The van der Waals surface area contributed by atoms with Crippen molar-refractivity contribution in [3.63, 3.8) is 0 Å². The van der Waals surface area contributed by atoms with Crippen molar-refractivity contribution in [2.45, 2.75) is 4.21 Å². The van der Waals surface area contributed by atoms with Gasteiger partial charge < -0.3 is 4.72 Å². The van der Waals surface area contributed by atoms with Crippen molar-refractivity contribution in [1.82, 2.24) is 0 Å². The zero-order valence-corrected chi connectivity index (χ0v) is 13.1. The molecule has 0 radical (unpaired) electrons. The summed E-state index contributed by atoms with van der Waals surface area (Å²) >= 11 is 7.65. The summed E-state index contributed by atoms with van der Waals surface area (Å²) < 4.78 is 29.5. The van der Waals surface area contributed by atoms with Crippen molar-refractivity contribution in [2.24, 2.45) is 0 Å². The molecular weight excluding hydrogens is 390 g/mol. The minimum Gasteiger partial charge on any atom is -0.572 e. The van der Waals surface area contributed by atoms with Crippen molar-refractivity contribution in [2.75, 3.05) is 0 Å². The molecule has 0 aliphatic carbocycles. The molecular formula is C10H6Br2NO2S2-. The lowest BCUT2D eigenvalue weighted by molar-refractivity contribution is 0.605. The Bertz CT molecular complexity index is 620. The van der Waals surface area contributed by atoms with Gasteiger partial charge in [-0.05, 0) is 40.2 Å². The van der Waals surface area contributed by atoms with Gasteiger partial charge in [0, 0.05) is 4.47 Å². The summed E-state index contributed by atoms with van der Waals surface area (Å²) in [5, 5.41) is 0. The summed E-state index contributed by atoms with van der Waals surface area (Å²) in [5.41, 5.74) is 0.415. The standard InChI is InChI=1S/C10H6Br2NO2S2/c11-7-1-3-8(4-2-7)13-17(14,15)10-6-5-9(12)16-10/h1-6H/q-1. The lowest BCUT2D eigenvalue weighted by Gasteiger charge is -2.20. The second-order valence-corrected chi connectivity index (χ2v) is 8.31. The molecule has 17 heavy (non-hydrogen) atoms. The number of rotatable bonds is 3. The zero-order valence-electron chi connectivity index (χ0n) is 8.30. The predicted octanol–water partition coefficient (Wildman–Crippen LogP) is 4.67. The number of benzene rings is 1. The van der Waals surface area contributed by atoms with Crippen LogP contribution in [0.2, 0.25) is 0 Å². The van der Waals surface area contributed by atoms with Gasteiger partial charge in [0.25, 0.3) is 0 Å². The third-order valence-electron chi connectivity index (χ3n) is 1.85. The van der Waals surface area contributed by atoms with Gasteiger partial charge in [0.2, 0.25) is 0 Å². The molecule has 1 aromatic heterocycles. The van der Waals surface area contributed by atoms with Crippen molar-refractivity contribution >= 4 is 58.9 Å². The number of halogens is 2. The van der Waals surface area contributed by atoms with Crippen molar-refractivity contribution in [1.29, 1.82) is 0 Å². The molecule has 2 aromatic rings. The van der Waals surface area contributed by atoms with E-state index >= 15 is 0 Å². The summed E-state index contributed by atoms with van der Waals surface area (Å²) in [4.78, 5) is 0. The van der Waals surface area contributed by atoms with Gasteiger partial charge in [-0.25, -0.2) is 8.42 Å². The normalized spacial score (nSPS) is 11.4. The first-order valence-corrected chi connectivity index (χ1v) is 8.30. The van der Waals surface area contributed by atoms with Crippen LogP contribution in [-0.2, 0) is 10.0 Å². The molecule has 0 atom stereocenters. The molecule has 0 N–H and O–H groups in total. The van der Waals surface area contributed by atoms with Gasteiger partial charge in [0.05, 0.1) is 3.79 Å². The summed E-state index contributed by atoms with van der Waals surface area (Å²) in [5.74, 6) is 0. The van der Waals surface area contributed by atoms with Crippen LogP contribution in [0, 0.1) is 0 Å². The quantitative estimate of drug-likeness (QED) is 0.758. The van der Waals surface area contributed by atoms with Crippen molar-refractivity contribution in [3.05, 3.63) is 49.4 Å². The van der Waals surface area contributed by atoms with E-state index in [1.165, 1.54) is 6.07 Å². The Morgan fingerprint density at radius 1 is 1.00 bits per heavy atom. The molecule has 3 nitrogen and oxygen atoms in total. The molecule has 0 aliphatic rings. The molecule has 0 amide bonds. The summed E-state index contributed by atoms with van der Waals surface area (Å²) in [6.07, 6.45) is 0. The van der Waals surface area contributed by atoms with Crippen molar-refractivity contribution < 1.29 is 8.42 Å². The minimum atomic E-state index is -3.61. The van der Waals surface area contributed by atoms with Gasteiger partial charge in [-0.3, -0.25) is 0 Å². The van der Waals surface area contributed by atoms with Gasteiger partial charge in [-0.2, -0.15) is 0 Å². The third kappa shape index (κ3) is 3.31. The van der Waals surface area contributed by atoms with E-state index in [0.717, 1.165) is 19.6 Å². The maximum Gasteiger partial charge on any atom is 0.132 e. The van der Waals surface area contributed by atoms with Gasteiger partial charge >= 0.3 is 0 Å². The monoisotopic (exact) mass is 394 g/mol. The average Bonchev–Trinajstić information content (AvgIpc) is 2.69. The molecule has 0 saturated heterocycles. The van der Waals surface area contributed by atoms with E-state index in [4.69, 9.17) is 0 Å².